The number of nitrogen functional groups attached to an aromatic ring is 1. The monoisotopic (exact) mass is 352 g/mol. The van der Waals surface area contributed by atoms with Gasteiger partial charge in [0.05, 0.1) is 12.9 Å². The van der Waals surface area contributed by atoms with E-state index in [1.54, 1.807) is 0 Å². The number of nitrogens with one attached hydrogen (secondary N) is 1. The minimum atomic E-state index is -0.727. The Labute approximate surface area is 141 Å². The van der Waals surface area contributed by atoms with Crippen LogP contribution in [0.15, 0.2) is 34.7 Å². The van der Waals surface area contributed by atoms with Crippen LogP contribution in [0.3, 0.4) is 0 Å². The highest BCUT2D eigenvalue weighted by Crippen LogP contribution is 2.23. The van der Waals surface area contributed by atoms with E-state index in [0.29, 0.717) is 15.9 Å². The maximum atomic E-state index is 12.0. The Hall–Kier alpha value is -2.13. The number of rotatable bonds is 7. The number of benzene rings is 1. The largest absolute Gasteiger partial charge is 0.467 e. The minimum absolute atomic E-state index is 0.122. The van der Waals surface area contributed by atoms with Gasteiger partial charge >= 0.3 is 5.97 Å². The second-order valence-corrected chi connectivity index (χ2v) is 6.76. The molecule has 0 spiro atoms. The summed E-state index contributed by atoms with van der Waals surface area (Å²) in [6.45, 7) is 0. The van der Waals surface area contributed by atoms with Crippen molar-refractivity contribution in [2.75, 3.05) is 18.6 Å². The lowest BCUT2D eigenvalue weighted by Gasteiger charge is -2.16. The zero-order valence-electron chi connectivity index (χ0n) is 12.4. The Bertz CT molecular complexity index is 663. The van der Waals surface area contributed by atoms with Gasteiger partial charge in [-0.15, -0.1) is 10.2 Å². The van der Waals surface area contributed by atoms with Crippen LogP contribution >= 0.6 is 23.1 Å². The molecule has 0 bridgehead atoms. The van der Waals surface area contributed by atoms with E-state index in [1.165, 1.54) is 30.2 Å². The smallest absolute Gasteiger partial charge is 0.328 e. The molecule has 9 heteroatoms. The second kappa shape index (κ2) is 8.49. The topological polar surface area (TPSA) is 107 Å². The predicted octanol–water partition coefficient (Wildman–Crippen LogP) is 1.11. The van der Waals surface area contributed by atoms with Gasteiger partial charge in [0.2, 0.25) is 11.0 Å². The van der Waals surface area contributed by atoms with Crippen LogP contribution in [0.1, 0.15) is 5.56 Å². The summed E-state index contributed by atoms with van der Waals surface area (Å²) in [6.07, 6.45) is 0.371. The number of carbonyl (C=O) groups is 2. The number of esters is 1. The van der Waals surface area contributed by atoms with Crippen LogP contribution in [-0.4, -0.2) is 41.0 Å². The molecule has 1 aromatic heterocycles. The number of hydrogen-bond acceptors (Lipinski definition) is 8. The van der Waals surface area contributed by atoms with Crippen LogP contribution in [0, 0.1) is 0 Å². The van der Waals surface area contributed by atoms with Crippen LogP contribution in [0.2, 0.25) is 0 Å². The summed E-state index contributed by atoms with van der Waals surface area (Å²) < 4.78 is 5.36. The quantitative estimate of drug-likeness (QED) is 0.568. The SMILES string of the molecule is COC(=O)[C@H](Cc1ccccc1)NC(=O)CSc1nnc(N)s1. The summed E-state index contributed by atoms with van der Waals surface area (Å²) >= 11 is 2.43. The fraction of sp³-hybridized carbons (Fsp3) is 0.286. The van der Waals surface area contributed by atoms with Crippen LogP contribution < -0.4 is 11.1 Å². The van der Waals surface area contributed by atoms with E-state index in [2.05, 4.69) is 15.5 Å². The Balaban J connectivity index is 1.91. The van der Waals surface area contributed by atoms with Crippen LogP contribution in [0.5, 0.6) is 0 Å². The molecule has 23 heavy (non-hydrogen) atoms. The summed E-state index contributed by atoms with van der Waals surface area (Å²) in [6, 6.07) is 8.69. The van der Waals surface area contributed by atoms with Gasteiger partial charge in [-0.25, -0.2) is 4.79 Å². The van der Waals surface area contributed by atoms with Gasteiger partial charge in [-0.3, -0.25) is 4.79 Å². The number of amides is 1. The van der Waals surface area contributed by atoms with Crippen molar-refractivity contribution in [2.45, 2.75) is 16.8 Å². The number of hydrogen-bond donors (Lipinski definition) is 2. The minimum Gasteiger partial charge on any atom is -0.467 e. The number of ether oxygens (including phenoxy) is 1. The van der Waals surface area contributed by atoms with Gasteiger partial charge in [0, 0.05) is 6.42 Å². The van der Waals surface area contributed by atoms with E-state index < -0.39 is 12.0 Å². The molecule has 1 atom stereocenters. The van der Waals surface area contributed by atoms with Gasteiger partial charge < -0.3 is 15.8 Å². The van der Waals surface area contributed by atoms with E-state index in [9.17, 15) is 9.59 Å². The molecule has 122 valence electrons. The summed E-state index contributed by atoms with van der Waals surface area (Å²) in [5, 5.41) is 10.5. The molecule has 1 heterocycles. The molecule has 0 aliphatic heterocycles. The first-order valence-electron chi connectivity index (χ1n) is 6.71. The van der Waals surface area contributed by atoms with E-state index in [1.807, 2.05) is 30.3 Å². The molecule has 1 amide bonds. The first-order valence-corrected chi connectivity index (χ1v) is 8.51. The van der Waals surface area contributed by atoms with Crippen molar-refractivity contribution in [1.82, 2.24) is 15.5 Å². The molecule has 2 rings (SSSR count). The average Bonchev–Trinajstić information content (AvgIpc) is 2.98. The van der Waals surface area contributed by atoms with Gasteiger partial charge in [-0.1, -0.05) is 53.4 Å². The Morgan fingerprint density at radius 2 is 2.09 bits per heavy atom. The van der Waals surface area contributed by atoms with Gasteiger partial charge in [0.15, 0.2) is 4.34 Å². The predicted molar refractivity (Wildman–Crippen MR) is 89.1 cm³/mol. The first kappa shape index (κ1) is 17.2. The molecular formula is C14H16N4O3S2. The molecule has 2 aromatic rings. The van der Waals surface area contributed by atoms with Gasteiger partial charge in [0.1, 0.15) is 6.04 Å². The lowest BCUT2D eigenvalue weighted by Crippen LogP contribution is -2.43. The standard InChI is InChI=1S/C14H16N4O3S2/c1-21-12(20)10(7-9-5-3-2-4-6-9)16-11(19)8-22-14-18-17-13(15)23-14/h2-6,10H,7-8H2,1H3,(H2,15,17)(H,16,19)/t10-/m0/s1. The van der Waals surface area contributed by atoms with E-state index in [0.717, 1.165) is 5.56 Å². The molecule has 0 saturated heterocycles. The summed E-state index contributed by atoms with van der Waals surface area (Å²) in [5.41, 5.74) is 6.42. The zero-order chi connectivity index (χ0) is 16.7. The highest BCUT2D eigenvalue weighted by Gasteiger charge is 2.22. The van der Waals surface area contributed by atoms with Crippen molar-refractivity contribution in [2.24, 2.45) is 0 Å². The first-order chi connectivity index (χ1) is 11.1. The lowest BCUT2D eigenvalue weighted by atomic mass is 10.1. The molecule has 0 radical (unpaired) electrons. The summed E-state index contributed by atoms with van der Waals surface area (Å²) in [7, 11) is 1.30. The highest BCUT2D eigenvalue weighted by atomic mass is 32.2. The third kappa shape index (κ3) is 5.53. The number of carbonyl (C=O) groups excluding carboxylic acids is 2. The number of nitrogens with zero attached hydrogens (tertiary/aromatic N) is 2. The highest BCUT2D eigenvalue weighted by molar-refractivity contribution is 8.01. The number of aromatic nitrogens is 2. The van der Waals surface area contributed by atoms with Crippen molar-refractivity contribution >= 4 is 40.1 Å². The molecule has 0 saturated carbocycles. The van der Waals surface area contributed by atoms with Crippen molar-refractivity contribution in [3.8, 4) is 0 Å². The van der Waals surface area contributed by atoms with E-state index in [-0.39, 0.29) is 11.7 Å². The van der Waals surface area contributed by atoms with Gasteiger partial charge in [-0.05, 0) is 5.56 Å². The normalized spacial score (nSPS) is 11.7. The number of nitrogens with two attached hydrogens (primary N) is 1. The molecular weight excluding hydrogens is 336 g/mol. The Morgan fingerprint density at radius 1 is 1.35 bits per heavy atom. The van der Waals surface area contributed by atoms with Gasteiger partial charge in [0.25, 0.3) is 0 Å². The molecule has 0 aliphatic rings. The maximum absolute atomic E-state index is 12.0. The second-order valence-electron chi connectivity index (χ2n) is 4.53. The van der Waals surface area contributed by atoms with E-state index in [4.69, 9.17) is 10.5 Å². The molecule has 3 N–H and O–H groups in total. The van der Waals surface area contributed by atoms with Crippen molar-refractivity contribution < 1.29 is 14.3 Å². The molecule has 0 aliphatic carbocycles. The number of methoxy groups -OCH3 is 1. The number of thioether (sulfide) groups is 1. The number of anilines is 1. The van der Waals surface area contributed by atoms with Crippen LogP contribution in [0.4, 0.5) is 5.13 Å². The summed E-state index contributed by atoms with van der Waals surface area (Å²) in [4.78, 5) is 23.9. The fourth-order valence-electron chi connectivity index (χ4n) is 1.83. The van der Waals surface area contributed by atoms with Gasteiger partial charge in [-0.2, -0.15) is 0 Å². The zero-order valence-corrected chi connectivity index (χ0v) is 14.0. The third-order valence-electron chi connectivity index (χ3n) is 2.85. The molecule has 7 nitrogen and oxygen atoms in total. The summed E-state index contributed by atoms with van der Waals surface area (Å²) in [5.74, 6) is -0.640. The third-order valence-corrected chi connectivity index (χ3v) is 4.74. The Morgan fingerprint density at radius 3 is 2.70 bits per heavy atom. The van der Waals surface area contributed by atoms with Crippen LogP contribution in [0.25, 0.3) is 0 Å². The van der Waals surface area contributed by atoms with Crippen molar-refractivity contribution in [1.29, 1.82) is 0 Å². The Kier molecular flexibility index (Phi) is 6.36. The molecule has 0 fully saturated rings. The lowest BCUT2D eigenvalue weighted by molar-refractivity contribution is -0.144. The average molecular weight is 352 g/mol. The van der Waals surface area contributed by atoms with Crippen molar-refractivity contribution in [3.05, 3.63) is 35.9 Å². The molecule has 0 unspecified atom stereocenters. The molecule has 1 aromatic carbocycles. The van der Waals surface area contributed by atoms with Crippen molar-refractivity contribution in [3.63, 3.8) is 0 Å². The maximum Gasteiger partial charge on any atom is 0.328 e. The van der Waals surface area contributed by atoms with E-state index >= 15 is 0 Å². The fourth-order valence-corrected chi connectivity index (χ4v) is 3.27. The van der Waals surface area contributed by atoms with Crippen LogP contribution in [-0.2, 0) is 20.7 Å².